The molecule has 5 aliphatic heterocycles. The van der Waals surface area contributed by atoms with Crippen molar-refractivity contribution in [1.29, 1.82) is 0 Å². The third-order valence-electron chi connectivity index (χ3n) is 16.0. The van der Waals surface area contributed by atoms with Gasteiger partial charge in [0.2, 0.25) is 5.88 Å². The molecule has 4 aromatic rings. The van der Waals surface area contributed by atoms with Gasteiger partial charge in [0.25, 0.3) is 0 Å². The van der Waals surface area contributed by atoms with Gasteiger partial charge in [-0.25, -0.2) is 33.1 Å². The van der Waals surface area contributed by atoms with Crippen LogP contribution in [-0.2, 0) is 14.2 Å². The number of nitrogens with zero attached hydrogens (tertiary/aromatic N) is 8. The highest BCUT2D eigenvalue weighted by Gasteiger charge is 2.55. The number of amides is 3. The highest BCUT2D eigenvalue weighted by Crippen LogP contribution is 2.49. The fourth-order valence-electron chi connectivity index (χ4n) is 13.1. The van der Waals surface area contributed by atoms with Crippen LogP contribution in [0.4, 0.5) is 34.8 Å². The predicted molar refractivity (Wildman–Crippen MR) is 300 cm³/mol. The van der Waals surface area contributed by atoms with Crippen molar-refractivity contribution in [3.63, 3.8) is 0 Å². The summed E-state index contributed by atoms with van der Waals surface area (Å²) in [6.07, 6.45) is -2.26. The van der Waals surface area contributed by atoms with Gasteiger partial charge in [-0.1, -0.05) is 71.7 Å². The van der Waals surface area contributed by atoms with Crippen LogP contribution in [-0.4, -0.2) is 135 Å². The van der Waals surface area contributed by atoms with Gasteiger partial charge in [-0.15, -0.1) is 5.54 Å². The molecule has 0 radical (unpaired) electrons. The van der Waals surface area contributed by atoms with E-state index in [0.717, 1.165) is 5.57 Å². The lowest BCUT2D eigenvalue weighted by molar-refractivity contribution is 0.000868. The molecule has 9 rings (SSSR count). The largest absolute Gasteiger partial charge is 0.472 e. The zero-order valence-corrected chi connectivity index (χ0v) is 49.4. The van der Waals surface area contributed by atoms with Crippen LogP contribution in [0.15, 0.2) is 36.4 Å². The maximum atomic E-state index is 18.8. The van der Waals surface area contributed by atoms with Crippen LogP contribution in [0.25, 0.3) is 33.1 Å². The minimum absolute atomic E-state index is 0.00712. The Hall–Kier alpha value is -6.13. The third-order valence-corrected chi connectivity index (χ3v) is 22.2. The van der Waals surface area contributed by atoms with Crippen molar-refractivity contribution < 1.29 is 46.8 Å². The summed E-state index contributed by atoms with van der Waals surface area (Å²) in [7, 11) is -2.38. The molecule has 78 heavy (non-hydrogen) atoms. The first-order valence-electron chi connectivity index (χ1n) is 27.6. The van der Waals surface area contributed by atoms with Gasteiger partial charge in [0.15, 0.2) is 5.82 Å². The van der Waals surface area contributed by atoms with Gasteiger partial charge >= 0.3 is 24.3 Å². The summed E-state index contributed by atoms with van der Waals surface area (Å²) in [6, 6.07) is 5.66. The Kier molecular flexibility index (Phi) is 14.7. The maximum Gasteiger partial charge on any atom is 0.425 e. The third kappa shape index (κ3) is 10.5. The summed E-state index contributed by atoms with van der Waals surface area (Å²) in [5.41, 5.74) is 2.02. The topological polar surface area (TPSA) is 162 Å². The quantitative estimate of drug-likeness (QED) is 0.0709. The molecule has 420 valence electrons. The Morgan fingerprint density at radius 1 is 0.872 bits per heavy atom. The summed E-state index contributed by atoms with van der Waals surface area (Å²) in [4.78, 5) is 69.4. The van der Waals surface area contributed by atoms with E-state index in [1.807, 2.05) is 49.6 Å². The molecule has 1 aromatic carbocycles. The molecular weight excluding hydrogens is 1010 g/mol. The Balaban J connectivity index is 1.31. The van der Waals surface area contributed by atoms with Crippen LogP contribution in [0.3, 0.4) is 0 Å². The SMILES string of the molecule is C=C1CN2C[C@H](F)CC2(COc2nc3c4c(nc(-c5nc(N(C(=O)OC(C)(C)C)C(=O)OC(C)(C)C)cc6cccc(C#C[Si](C(C)C)(C(C)C)C(C)C)c56)c(F)c4n2)O[C@@H](C)[C@@H]2[C@@H]4CC[C@H](CN32)N4C(=O)OC(C)(C)C)C1. The summed E-state index contributed by atoms with van der Waals surface area (Å²) in [6.45, 7) is 36.1. The van der Waals surface area contributed by atoms with Crippen LogP contribution in [0.2, 0.25) is 16.6 Å². The minimum Gasteiger partial charge on any atom is -0.472 e. The first-order valence-corrected chi connectivity index (χ1v) is 29.8. The van der Waals surface area contributed by atoms with Crippen molar-refractivity contribution in [2.24, 2.45) is 0 Å². The van der Waals surface area contributed by atoms with E-state index in [0.29, 0.717) is 59.4 Å². The molecule has 1 unspecified atom stereocenters. The highest BCUT2D eigenvalue weighted by atomic mass is 28.3. The van der Waals surface area contributed by atoms with E-state index in [1.54, 1.807) is 53.7 Å². The molecule has 2 bridgehead atoms. The van der Waals surface area contributed by atoms with E-state index in [9.17, 15) is 14.4 Å². The highest BCUT2D eigenvalue weighted by molar-refractivity contribution is 6.90. The first kappa shape index (κ1) is 56.6. The number of alkyl halides is 1. The van der Waals surface area contributed by atoms with Crippen LogP contribution >= 0.6 is 0 Å². The number of halogens is 2. The van der Waals surface area contributed by atoms with Gasteiger partial charge in [-0.2, -0.15) is 14.9 Å². The summed E-state index contributed by atoms with van der Waals surface area (Å²) >= 11 is 0. The second-order valence-electron chi connectivity index (χ2n) is 26.1. The lowest BCUT2D eigenvalue weighted by Gasteiger charge is -2.48. The van der Waals surface area contributed by atoms with E-state index >= 15 is 8.78 Å². The molecule has 0 aliphatic carbocycles. The van der Waals surface area contributed by atoms with Gasteiger partial charge in [0, 0.05) is 37.0 Å². The average Bonchev–Trinajstić information content (AvgIpc) is 4.09. The van der Waals surface area contributed by atoms with Crippen LogP contribution in [0.5, 0.6) is 11.9 Å². The van der Waals surface area contributed by atoms with E-state index in [2.05, 4.69) is 64.5 Å². The number of pyridine rings is 2. The number of fused-ring (bicyclic) bond motifs is 7. The van der Waals surface area contributed by atoms with E-state index in [1.165, 1.54) is 0 Å². The van der Waals surface area contributed by atoms with Crippen molar-refractivity contribution in [3.8, 4) is 34.7 Å². The van der Waals surface area contributed by atoms with E-state index in [-0.39, 0.29) is 82.2 Å². The molecule has 5 aliphatic rings. The molecule has 19 heteroatoms. The maximum absolute atomic E-state index is 18.8. The normalized spacial score (nSPS) is 23.3. The van der Waals surface area contributed by atoms with Crippen LogP contribution in [0, 0.1) is 17.3 Å². The standard InChI is InChI=1S/C59H78F2N8O8Si/c1-32(2)78(33(3)4,34(5)6)24-23-37-19-18-20-38-25-42(69(54(71)76-57(12,13)14)55(72)77-58(15,16)17)62-47(43(37)38)48-45(61)46-44-50(65-52(64-46)73-31-59-26-35(7)28-66(59)29-39(60)27-59)67-30-40-21-22-41(49(67)36(8)74-51(44)63-48)68(40)53(70)75-56(9,10)11/h18-20,25,32-34,36,39-41,49H,7,21-22,26-31H2,1-6,8-17H3/t36-,39+,40+,41-,49+,59?/m0/s1. The lowest BCUT2D eigenvalue weighted by atomic mass is 9.93. The molecule has 0 spiro atoms. The summed E-state index contributed by atoms with van der Waals surface area (Å²) in [5, 5.41) is 1.03. The molecule has 3 amide bonds. The summed E-state index contributed by atoms with van der Waals surface area (Å²) in [5.74, 6) is 2.72. The second-order valence-corrected chi connectivity index (χ2v) is 31.7. The zero-order valence-electron chi connectivity index (χ0n) is 48.4. The molecule has 4 saturated heterocycles. The number of ether oxygens (including phenoxy) is 5. The second kappa shape index (κ2) is 20.2. The van der Waals surface area contributed by atoms with Crippen molar-refractivity contribution in [2.75, 3.05) is 36.0 Å². The molecule has 8 heterocycles. The van der Waals surface area contributed by atoms with Crippen LogP contribution < -0.4 is 19.3 Å². The van der Waals surface area contributed by atoms with Crippen molar-refractivity contribution >= 4 is 59.7 Å². The molecule has 4 fully saturated rings. The van der Waals surface area contributed by atoms with E-state index < -0.39 is 78.9 Å². The number of imide groups is 1. The number of hydrogen-bond acceptors (Lipinski definition) is 14. The number of carbonyl (C=O) groups is 3. The Bertz CT molecular complexity index is 3090. The molecule has 0 N–H and O–H groups in total. The zero-order chi connectivity index (χ0) is 56.9. The number of hydrogen-bond donors (Lipinski definition) is 0. The van der Waals surface area contributed by atoms with E-state index in [4.69, 9.17) is 43.6 Å². The van der Waals surface area contributed by atoms with Gasteiger partial charge < -0.3 is 28.6 Å². The van der Waals surface area contributed by atoms with Gasteiger partial charge in [0.05, 0.1) is 23.7 Å². The number of benzene rings is 1. The Morgan fingerprint density at radius 3 is 2.13 bits per heavy atom. The van der Waals surface area contributed by atoms with Gasteiger partial charge in [0.1, 0.15) is 77.7 Å². The number of aromatic nitrogens is 4. The number of piperazine rings is 1. The van der Waals surface area contributed by atoms with Gasteiger partial charge in [-0.05, 0) is 123 Å². The number of anilines is 2. The fraction of sp³-hybridized carbons (Fsp3) is 0.610. The monoisotopic (exact) mass is 1090 g/mol. The molecule has 3 aromatic heterocycles. The molecule has 6 atom stereocenters. The first-order chi connectivity index (χ1) is 36.3. The van der Waals surface area contributed by atoms with Crippen molar-refractivity contribution in [1.82, 2.24) is 29.7 Å². The van der Waals surface area contributed by atoms with Crippen molar-refractivity contribution in [2.45, 2.75) is 206 Å². The van der Waals surface area contributed by atoms with Crippen LogP contribution in [0.1, 0.15) is 142 Å². The fourth-order valence-corrected chi connectivity index (χ4v) is 18.3. The molecule has 16 nitrogen and oxygen atoms in total. The summed E-state index contributed by atoms with van der Waals surface area (Å²) < 4.78 is 65.2. The molecular formula is C59H78F2N8O8Si. The Labute approximate surface area is 459 Å². The average molecular weight is 1090 g/mol. The molecule has 0 saturated carbocycles. The number of rotatable bonds is 8. The predicted octanol–water partition coefficient (Wildman–Crippen LogP) is 12.5. The Morgan fingerprint density at radius 2 is 1.51 bits per heavy atom. The van der Waals surface area contributed by atoms with Gasteiger partial charge in [-0.3, -0.25) is 9.80 Å². The lowest BCUT2D eigenvalue weighted by Crippen LogP contribution is -2.65. The minimum atomic E-state index is -2.38. The smallest absolute Gasteiger partial charge is 0.425 e. The van der Waals surface area contributed by atoms with Crippen molar-refractivity contribution in [3.05, 3.63) is 47.8 Å². The number of carbonyl (C=O) groups excluding carboxylic acids is 3.